The largest absolute Gasteiger partial charge is 0.360 e. The fourth-order valence-electron chi connectivity index (χ4n) is 1.83. The number of nitrogens with zero attached hydrogens (tertiary/aromatic N) is 2. The van der Waals surface area contributed by atoms with Crippen molar-refractivity contribution in [3.63, 3.8) is 0 Å². The number of rotatable bonds is 5. The van der Waals surface area contributed by atoms with E-state index in [1.807, 2.05) is 0 Å². The van der Waals surface area contributed by atoms with Crippen LogP contribution in [0.3, 0.4) is 0 Å². The Bertz CT molecular complexity index is 293. The minimum Gasteiger partial charge on any atom is -0.360 e. The van der Waals surface area contributed by atoms with Gasteiger partial charge in [0.2, 0.25) is 5.13 Å². The molecular weight excluding hydrogens is 208 g/mol. The summed E-state index contributed by atoms with van der Waals surface area (Å²) < 4.78 is 4.24. The number of aryl methyl sites for hydroxylation is 1. The molecule has 0 unspecified atom stereocenters. The van der Waals surface area contributed by atoms with Crippen LogP contribution < -0.4 is 10.6 Å². The maximum Gasteiger partial charge on any atom is 0.202 e. The molecule has 0 radical (unpaired) electrons. The minimum absolute atomic E-state index is 0.705. The molecule has 1 aromatic rings. The van der Waals surface area contributed by atoms with E-state index in [2.05, 4.69) is 26.9 Å². The zero-order valence-corrected chi connectivity index (χ0v) is 9.94. The van der Waals surface area contributed by atoms with Crippen LogP contribution in [0.1, 0.15) is 32.0 Å². The van der Waals surface area contributed by atoms with Gasteiger partial charge in [0, 0.05) is 30.5 Å². The Morgan fingerprint density at radius 3 is 3.20 bits per heavy atom. The first-order valence-electron chi connectivity index (χ1n) is 5.68. The van der Waals surface area contributed by atoms with Crippen LogP contribution in [-0.4, -0.2) is 28.5 Å². The third-order valence-corrected chi connectivity index (χ3v) is 3.43. The van der Waals surface area contributed by atoms with Crippen molar-refractivity contribution in [2.45, 2.75) is 38.6 Å². The maximum atomic E-state index is 4.37. The molecular formula is C10H18N4S. The molecule has 0 aromatic carbocycles. The summed E-state index contributed by atoms with van der Waals surface area (Å²) in [6.45, 7) is 4.26. The van der Waals surface area contributed by atoms with Gasteiger partial charge in [-0.2, -0.15) is 4.37 Å². The van der Waals surface area contributed by atoms with Gasteiger partial charge in [0.15, 0.2) is 0 Å². The molecule has 1 aliphatic heterocycles. The van der Waals surface area contributed by atoms with E-state index in [9.17, 15) is 0 Å². The predicted molar refractivity (Wildman–Crippen MR) is 63.4 cm³/mol. The maximum absolute atomic E-state index is 4.37. The van der Waals surface area contributed by atoms with E-state index < -0.39 is 0 Å². The van der Waals surface area contributed by atoms with Crippen molar-refractivity contribution >= 4 is 16.7 Å². The molecule has 1 aromatic heterocycles. The third kappa shape index (κ3) is 3.14. The highest BCUT2D eigenvalue weighted by molar-refractivity contribution is 7.09. The van der Waals surface area contributed by atoms with Gasteiger partial charge in [0.1, 0.15) is 5.82 Å². The fourth-order valence-corrected chi connectivity index (χ4v) is 2.50. The SMILES string of the molecule is CCc1nsc(NCC[C@@H]2CCCN2)n1. The van der Waals surface area contributed by atoms with Crippen molar-refractivity contribution in [3.05, 3.63) is 5.82 Å². The molecule has 15 heavy (non-hydrogen) atoms. The molecule has 0 amide bonds. The Morgan fingerprint density at radius 2 is 2.53 bits per heavy atom. The van der Waals surface area contributed by atoms with Crippen LogP contribution in [0.25, 0.3) is 0 Å². The highest BCUT2D eigenvalue weighted by atomic mass is 32.1. The van der Waals surface area contributed by atoms with Gasteiger partial charge in [0.05, 0.1) is 0 Å². The van der Waals surface area contributed by atoms with Crippen molar-refractivity contribution in [2.24, 2.45) is 0 Å². The molecule has 2 rings (SSSR count). The molecule has 1 atom stereocenters. The summed E-state index contributed by atoms with van der Waals surface area (Å²) in [5.74, 6) is 0.946. The smallest absolute Gasteiger partial charge is 0.202 e. The summed E-state index contributed by atoms with van der Waals surface area (Å²) in [5.41, 5.74) is 0. The number of aromatic nitrogens is 2. The third-order valence-electron chi connectivity index (χ3n) is 2.72. The second-order valence-electron chi connectivity index (χ2n) is 3.88. The van der Waals surface area contributed by atoms with E-state index >= 15 is 0 Å². The molecule has 5 heteroatoms. The van der Waals surface area contributed by atoms with Crippen LogP contribution in [0.5, 0.6) is 0 Å². The Hall–Kier alpha value is -0.680. The van der Waals surface area contributed by atoms with Crippen LogP contribution in [0.2, 0.25) is 0 Å². The molecule has 0 bridgehead atoms. The van der Waals surface area contributed by atoms with Gasteiger partial charge in [-0.1, -0.05) is 6.92 Å². The Kier molecular flexibility index (Phi) is 3.91. The molecule has 1 aliphatic rings. The van der Waals surface area contributed by atoms with Gasteiger partial charge in [-0.05, 0) is 25.8 Å². The lowest BCUT2D eigenvalue weighted by Gasteiger charge is -2.09. The van der Waals surface area contributed by atoms with Crippen LogP contribution in [-0.2, 0) is 6.42 Å². The summed E-state index contributed by atoms with van der Waals surface area (Å²) >= 11 is 1.46. The Balaban J connectivity index is 1.68. The van der Waals surface area contributed by atoms with E-state index in [0.29, 0.717) is 6.04 Å². The lowest BCUT2D eigenvalue weighted by Crippen LogP contribution is -2.24. The topological polar surface area (TPSA) is 49.8 Å². The number of hydrogen-bond donors (Lipinski definition) is 2. The van der Waals surface area contributed by atoms with Crippen molar-refractivity contribution in [1.29, 1.82) is 0 Å². The number of hydrogen-bond acceptors (Lipinski definition) is 5. The zero-order chi connectivity index (χ0) is 10.5. The summed E-state index contributed by atoms with van der Waals surface area (Å²) in [6.07, 6.45) is 4.74. The standard InChI is InChI=1S/C10H18N4S/c1-2-9-13-10(15-14-9)12-7-5-8-4-3-6-11-8/h8,11H,2-7H2,1H3,(H,12,13,14)/t8-/m0/s1. The van der Waals surface area contributed by atoms with Gasteiger partial charge in [-0.25, -0.2) is 4.98 Å². The number of anilines is 1. The molecule has 1 fully saturated rings. The monoisotopic (exact) mass is 226 g/mol. The second-order valence-corrected chi connectivity index (χ2v) is 4.63. The van der Waals surface area contributed by atoms with Gasteiger partial charge >= 0.3 is 0 Å². The summed E-state index contributed by atoms with van der Waals surface area (Å²) in [4.78, 5) is 4.37. The first-order chi connectivity index (χ1) is 7.38. The van der Waals surface area contributed by atoms with Crippen molar-refractivity contribution in [2.75, 3.05) is 18.4 Å². The Labute approximate surface area is 94.7 Å². The predicted octanol–water partition coefficient (Wildman–Crippen LogP) is 1.65. The van der Waals surface area contributed by atoms with E-state index in [4.69, 9.17) is 0 Å². The molecule has 84 valence electrons. The average molecular weight is 226 g/mol. The molecule has 2 N–H and O–H groups in total. The van der Waals surface area contributed by atoms with Crippen LogP contribution >= 0.6 is 11.5 Å². The number of nitrogens with one attached hydrogen (secondary N) is 2. The van der Waals surface area contributed by atoms with Gasteiger partial charge in [0.25, 0.3) is 0 Å². The van der Waals surface area contributed by atoms with Crippen molar-refractivity contribution in [1.82, 2.24) is 14.7 Å². The molecule has 0 saturated carbocycles. The summed E-state index contributed by atoms with van der Waals surface area (Å²) in [5, 5.41) is 7.78. The normalized spacial score (nSPS) is 20.7. The zero-order valence-electron chi connectivity index (χ0n) is 9.12. The highest BCUT2D eigenvalue weighted by Crippen LogP contribution is 2.13. The van der Waals surface area contributed by atoms with Crippen LogP contribution in [0.4, 0.5) is 5.13 Å². The lowest BCUT2D eigenvalue weighted by atomic mass is 10.2. The molecule has 4 nitrogen and oxygen atoms in total. The summed E-state index contributed by atoms with van der Waals surface area (Å²) in [7, 11) is 0. The minimum atomic E-state index is 0.705. The van der Waals surface area contributed by atoms with Crippen LogP contribution in [0.15, 0.2) is 0 Å². The van der Waals surface area contributed by atoms with E-state index in [1.54, 1.807) is 0 Å². The summed E-state index contributed by atoms with van der Waals surface area (Å²) in [6, 6.07) is 0.705. The average Bonchev–Trinajstić information content (AvgIpc) is 2.88. The van der Waals surface area contributed by atoms with E-state index in [1.165, 1.54) is 37.3 Å². The molecule has 0 spiro atoms. The molecule has 1 saturated heterocycles. The van der Waals surface area contributed by atoms with Crippen LogP contribution in [0, 0.1) is 0 Å². The molecule has 0 aliphatic carbocycles. The van der Waals surface area contributed by atoms with E-state index in [-0.39, 0.29) is 0 Å². The first kappa shape index (κ1) is 10.8. The van der Waals surface area contributed by atoms with Crippen molar-refractivity contribution in [3.8, 4) is 0 Å². The quantitative estimate of drug-likeness (QED) is 0.801. The highest BCUT2D eigenvalue weighted by Gasteiger charge is 2.13. The van der Waals surface area contributed by atoms with Gasteiger partial charge in [-0.3, -0.25) is 0 Å². The Morgan fingerprint density at radius 1 is 1.60 bits per heavy atom. The molecule has 2 heterocycles. The van der Waals surface area contributed by atoms with E-state index in [0.717, 1.165) is 23.9 Å². The van der Waals surface area contributed by atoms with Gasteiger partial charge < -0.3 is 10.6 Å². The first-order valence-corrected chi connectivity index (χ1v) is 6.45. The van der Waals surface area contributed by atoms with Gasteiger partial charge in [-0.15, -0.1) is 0 Å². The van der Waals surface area contributed by atoms with Crippen molar-refractivity contribution < 1.29 is 0 Å². The lowest BCUT2D eigenvalue weighted by molar-refractivity contribution is 0.574. The second kappa shape index (κ2) is 5.42. The fraction of sp³-hybridized carbons (Fsp3) is 0.800.